The van der Waals surface area contributed by atoms with Gasteiger partial charge in [0.1, 0.15) is 0 Å². The largest absolute Gasteiger partial charge is 0.370 e. The van der Waals surface area contributed by atoms with E-state index in [0.29, 0.717) is 12.0 Å². The van der Waals surface area contributed by atoms with Gasteiger partial charge in [0.2, 0.25) is 5.91 Å². The molecule has 3 nitrogen and oxygen atoms in total. The van der Waals surface area contributed by atoms with Crippen molar-refractivity contribution in [1.82, 2.24) is 4.90 Å². The number of hydrogen-bond acceptors (Lipinski definition) is 2. The van der Waals surface area contributed by atoms with Crippen LogP contribution in [0.4, 0.5) is 0 Å². The predicted octanol–water partition coefficient (Wildman–Crippen LogP) is 1.81. The molecular weight excluding hydrogens is 190 g/mol. The van der Waals surface area contributed by atoms with Gasteiger partial charge in [0.05, 0.1) is 11.7 Å². The molecule has 0 aromatic heterocycles. The van der Waals surface area contributed by atoms with Crippen molar-refractivity contribution in [3.8, 4) is 0 Å². The van der Waals surface area contributed by atoms with E-state index in [1.807, 2.05) is 4.90 Å². The minimum absolute atomic E-state index is 0.00559. The summed E-state index contributed by atoms with van der Waals surface area (Å²) in [5.74, 6) is 0.742. The van der Waals surface area contributed by atoms with E-state index in [1.165, 1.54) is 0 Å². The Bertz CT molecular complexity index is 275. The van der Waals surface area contributed by atoms with Crippen LogP contribution in [-0.2, 0) is 9.53 Å². The smallest absolute Gasteiger partial charge is 0.219 e. The lowest BCUT2D eigenvalue weighted by Crippen LogP contribution is -2.37. The molecule has 0 spiro atoms. The summed E-state index contributed by atoms with van der Waals surface area (Å²) in [5, 5.41) is 0. The van der Waals surface area contributed by atoms with Crippen LogP contribution in [-0.4, -0.2) is 35.1 Å². The van der Waals surface area contributed by atoms with E-state index in [2.05, 4.69) is 20.8 Å². The second-order valence-electron chi connectivity index (χ2n) is 5.43. The highest BCUT2D eigenvalue weighted by molar-refractivity contribution is 5.74. The molecular formula is C12H21NO2. The Labute approximate surface area is 91.8 Å². The number of rotatable bonds is 1. The third-order valence-electron chi connectivity index (χ3n) is 3.77. The lowest BCUT2D eigenvalue weighted by Gasteiger charge is -2.28. The fourth-order valence-corrected chi connectivity index (χ4v) is 3.25. The first-order chi connectivity index (χ1) is 6.94. The fourth-order valence-electron chi connectivity index (χ4n) is 3.25. The Kier molecular flexibility index (Phi) is 2.53. The number of carbonyl (C=O) groups excluding carboxylic acids is 1. The van der Waals surface area contributed by atoms with Gasteiger partial charge < -0.3 is 9.64 Å². The van der Waals surface area contributed by atoms with Gasteiger partial charge in [-0.05, 0) is 26.7 Å². The maximum Gasteiger partial charge on any atom is 0.219 e. The van der Waals surface area contributed by atoms with E-state index < -0.39 is 0 Å². The second-order valence-corrected chi connectivity index (χ2v) is 5.43. The van der Waals surface area contributed by atoms with Gasteiger partial charge in [0, 0.05) is 25.4 Å². The monoisotopic (exact) mass is 211 g/mol. The summed E-state index contributed by atoms with van der Waals surface area (Å²) in [5.41, 5.74) is 0.00559. The topological polar surface area (TPSA) is 29.5 Å². The number of likely N-dealkylation sites (tertiary alicyclic amines) is 1. The van der Waals surface area contributed by atoms with E-state index >= 15 is 0 Å². The third kappa shape index (κ3) is 1.78. The second kappa shape index (κ2) is 3.48. The summed E-state index contributed by atoms with van der Waals surface area (Å²) in [6.07, 6.45) is 2.40. The van der Waals surface area contributed by atoms with Gasteiger partial charge in [-0.3, -0.25) is 4.79 Å². The van der Waals surface area contributed by atoms with E-state index in [4.69, 9.17) is 4.74 Å². The summed E-state index contributed by atoms with van der Waals surface area (Å²) in [6.45, 7) is 8.91. The van der Waals surface area contributed by atoms with E-state index in [9.17, 15) is 4.79 Å². The Morgan fingerprint density at radius 3 is 2.73 bits per heavy atom. The van der Waals surface area contributed by atoms with E-state index in [0.717, 1.165) is 19.4 Å². The predicted molar refractivity (Wildman–Crippen MR) is 58.5 cm³/mol. The normalized spacial score (nSPS) is 38.1. The van der Waals surface area contributed by atoms with Crippen molar-refractivity contribution in [1.29, 1.82) is 0 Å². The lowest BCUT2D eigenvalue weighted by atomic mass is 9.89. The average molecular weight is 211 g/mol. The molecule has 0 bridgehead atoms. The van der Waals surface area contributed by atoms with Gasteiger partial charge >= 0.3 is 0 Å². The van der Waals surface area contributed by atoms with Gasteiger partial charge in [-0.15, -0.1) is 0 Å². The third-order valence-corrected chi connectivity index (χ3v) is 3.77. The minimum Gasteiger partial charge on any atom is -0.370 e. The Hall–Kier alpha value is -0.570. The number of nitrogens with zero attached hydrogens (tertiary/aromatic N) is 1. The molecule has 3 atom stereocenters. The molecule has 3 heteroatoms. The molecule has 15 heavy (non-hydrogen) atoms. The van der Waals surface area contributed by atoms with Crippen LogP contribution in [0.1, 0.15) is 40.5 Å². The lowest BCUT2D eigenvalue weighted by molar-refractivity contribution is -0.131. The maximum absolute atomic E-state index is 11.5. The van der Waals surface area contributed by atoms with Crippen LogP contribution < -0.4 is 0 Å². The molecule has 2 aliphatic heterocycles. The SMILES string of the molecule is CC[C@@H]1[C@H]2CC(C)(C)O[C@H]2CN1C(C)=O. The molecule has 2 heterocycles. The molecule has 0 aromatic carbocycles. The van der Waals surface area contributed by atoms with Crippen LogP contribution in [0.3, 0.4) is 0 Å². The first-order valence-electron chi connectivity index (χ1n) is 5.89. The molecule has 0 saturated carbocycles. The number of hydrogen-bond donors (Lipinski definition) is 0. The molecule has 0 unspecified atom stereocenters. The summed E-state index contributed by atoms with van der Waals surface area (Å²) in [7, 11) is 0. The standard InChI is InChI=1S/C12H21NO2/c1-5-10-9-6-12(3,4)15-11(9)7-13(10)8(2)14/h9-11H,5-7H2,1-4H3/t9-,10-,11+/m1/s1. The number of amides is 1. The molecule has 0 aliphatic carbocycles. The molecule has 1 amide bonds. The van der Waals surface area contributed by atoms with Crippen LogP contribution in [0.5, 0.6) is 0 Å². The van der Waals surface area contributed by atoms with Gasteiger partial charge in [0.25, 0.3) is 0 Å². The molecule has 0 radical (unpaired) electrons. The highest BCUT2D eigenvalue weighted by Crippen LogP contribution is 2.43. The van der Waals surface area contributed by atoms with E-state index in [-0.39, 0.29) is 17.6 Å². The van der Waals surface area contributed by atoms with Crippen molar-refractivity contribution in [3.63, 3.8) is 0 Å². The van der Waals surface area contributed by atoms with Crippen LogP contribution >= 0.6 is 0 Å². The van der Waals surface area contributed by atoms with Gasteiger partial charge in [0.15, 0.2) is 0 Å². The zero-order valence-corrected chi connectivity index (χ0v) is 10.1. The molecule has 0 N–H and O–H groups in total. The summed E-state index contributed by atoms with van der Waals surface area (Å²) < 4.78 is 5.99. The summed E-state index contributed by atoms with van der Waals surface area (Å²) in [6, 6.07) is 0.397. The van der Waals surface area contributed by atoms with Crippen LogP contribution in [0.25, 0.3) is 0 Å². The highest BCUT2D eigenvalue weighted by Gasteiger charge is 2.51. The molecule has 0 aromatic rings. The Morgan fingerprint density at radius 2 is 2.20 bits per heavy atom. The molecule has 2 saturated heterocycles. The van der Waals surface area contributed by atoms with Crippen molar-refractivity contribution < 1.29 is 9.53 Å². The number of ether oxygens (including phenoxy) is 1. The van der Waals surface area contributed by atoms with Crippen LogP contribution in [0, 0.1) is 5.92 Å². The molecule has 2 fully saturated rings. The fraction of sp³-hybridized carbons (Fsp3) is 0.917. The van der Waals surface area contributed by atoms with Crippen molar-refractivity contribution in [3.05, 3.63) is 0 Å². The van der Waals surface area contributed by atoms with Crippen LogP contribution in [0.15, 0.2) is 0 Å². The van der Waals surface area contributed by atoms with Crippen molar-refractivity contribution in [2.45, 2.75) is 58.3 Å². The minimum atomic E-state index is 0.00559. The first-order valence-corrected chi connectivity index (χ1v) is 5.89. The summed E-state index contributed by atoms with van der Waals surface area (Å²) >= 11 is 0. The Balaban J connectivity index is 2.15. The van der Waals surface area contributed by atoms with Crippen molar-refractivity contribution in [2.75, 3.05) is 6.54 Å². The zero-order chi connectivity index (χ0) is 11.2. The number of fused-ring (bicyclic) bond motifs is 1. The van der Waals surface area contributed by atoms with Gasteiger partial charge in [-0.25, -0.2) is 0 Å². The number of carbonyl (C=O) groups is 1. The maximum atomic E-state index is 11.5. The van der Waals surface area contributed by atoms with Crippen molar-refractivity contribution in [2.24, 2.45) is 5.92 Å². The molecule has 2 aliphatic rings. The zero-order valence-electron chi connectivity index (χ0n) is 10.1. The molecule has 2 rings (SSSR count). The quantitative estimate of drug-likeness (QED) is 0.662. The van der Waals surface area contributed by atoms with Gasteiger partial charge in [-0.1, -0.05) is 6.92 Å². The van der Waals surface area contributed by atoms with Crippen LogP contribution in [0.2, 0.25) is 0 Å². The van der Waals surface area contributed by atoms with Gasteiger partial charge in [-0.2, -0.15) is 0 Å². The van der Waals surface area contributed by atoms with Crippen molar-refractivity contribution >= 4 is 5.91 Å². The first kappa shape index (κ1) is 10.9. The Morgan fingerprint density at radius 1 is 1.53 bits per heavy atom. The van der Waals surface area contributed by atoms with E-state index in [1.54, 1.807) is 6.92 Å². The highest BCUT2D eigenvalue weighted by atomic mass is 16.5. The average Bonchev–Trinajstić information content (AvgIpc) is 2.55. The molecule has 86 valence electrons. The summed E-state index contributed by atoms with van der Waals surface area (Å²) in [4.78, 5) is 13.5.